The Hall–Kier alpha value is -1.88. The van der Waals surface area contributed by atoms with Gasteiger partial charge in [-0.1, -0.05) is 0 Å². The van der Waals surface area contributed by atoms with E-state index in [0.29, 0.717) is 12.4 Å². The van der Waals surface area contributed by atoms with E-state index in [1.165, 1.54) is 0 Å². The number of rotatable bonds is 6. The van der Waals surface area contributed by atoms with E-state index in [4.69, 9.17) is 9.84 Å². The standard InChI is InChI=1S/C14H15NO3S/c1-10-9-19-13(15-10)3-2-8-18-12-6-4-11(5-7-12)14(16)17/h4-7,9H,2-3,8H2,1H3,(H,16,17). The molecule has 2 aromatic rings. The number of aromatic carboxylic acids is 1. The molecule has 0 radical (unpaired) electrons. The highest BCUT2D eigenvalue weighted by Gasteiger charge is 2.02. The zero-order valence-corrected chi connectivity index (χ0v) is 11.4. The Morgan fingerprint density at radius 3 is 2.68 bits per heavy atom. The SMILES string of the molecule is Cc1csc(CCCOc2ccc(C(=O)O)cc2)n1. The zero-order chi connectivity index (χ0) is 13.7. The van der Waals surface area contributed by atoms with E-state index in [2.05, 4.69) is 4.98 Å². The second-order valence-electron chi connectivity index (χ2n) is 4.16. The molecule has 2 rings (SSSR count). The Kier molecular flexibility index (Phi) is 4.52. The normalized spacial score (nSPS) is 10.4. The maximum absolute atomic E-state index is 10.7. The van der Waals surface area contributed by atoms with Gasteiger partial charge < -0.3 is 9.84 Å². The number of aromatic nitrogens is 1. The van der Waals surface area contributed by atoms with Crippen LogP contribution in [0.4, 0.5) is 0 Å². The molecule has 0 fully saturated rings. The number of thiazole rings is 1. The van der Waals surface area contributed by atoms with Crippen LogP contribution in [0.15, 0.2) is 29.6 Å². The summed E-state index contributed by atoms with van der Waals surface area (Å²) in [5.74, 6) is -0.231. The highest BCUT2D eigenvalue weighted by atomic mass is 32.1. The van der Waals surface area contributed by atoms with Crippen LogP contribution in [0.1, 0.15) is 27.5 Å². The molecule has 0 aliphatic heterocycles. The van der Waals surface area contributed by atoms with Gasteiger partial charge in [0.2, 0.25) is 0 Å². The van der Waals surface area contributed by atoms with Crippen molar-refractivity contribution in [3.63, 3.8) is 0 Å². The fourth-order valence-corrected chi connectivity index (χ4v) is 2.44. The molecule has 1 N–H and O–H groups in total. The van der Waals surface area contributed by atoms with E-state index in [-0.39, 0.29) is 5.56 Å². The summed E-state index contributed by atoms with van der Waals surface area (Å²) in [7, 11) is 0. The van der Waals surface area contributed by atoms with Gasteiger partial charge in [0, 0.05) is 17.5 Å². The molecule has 0 aliphatic carbocycles. The van der Waals surface area contributed by atoms with Crippen molar-refractivity contribution in [3.05, 3.63) is 45.9 Å². The monoisotopic (exact) mass is 277 g/mol. The first-order chi connectivity index (χ1) is 9.15. The summed E-state index contributed by atoms with van der Waals surface area (Å²) in [6, 6.07) is 6.44. The molecule has 0 atom stereocenters. The molecular formula is C14H15NO3S. The molecule has 4 nitrogen and oxygen atoms in total. The molecule has 1 aromatic carbocycles. The largest absolute Gasteiger partial charge is 0.494 e. The van der Waals surface area contributed by atoms with E-state index in [1.807, 2.05) is 12.3 Å². The van der Waals surface area contributed by atoms with Crippen LogP contribution >= 0.6 is 11.3 Å². The molecule has 1 heterocycles. The van der Waals surface area contributed by atoms with Gasteiger partial charge in [-0.3, -0.25) is 0 Å². The molecule has 0 saturated carbocycles. The molecular weight excluding hydrogens is 262 g/mol. The number of aryl methyl sites for hydroxylation is 2. The molecule has 0 aliphatic rings. The van der Waals surface area contributed by atoms with Crippen molar-refractivity contribution in [2.45, 2.75) is 19.8 Å². The van der Waals surface area contributed by atoms with Crippen molar-refractivity contribution in [1.82, 2.24) is 4.98 Å². The first-order valence-electron chi connectivity index (χ1n) is 6.02. The van der Waals surface area contributed by atoms with Gasteiger partial charge in [-0.15, -0.1) is 11.3 Å². The summed E-state index contributed by atoms with van der Waals surface area (Å²) in [5, 5.41) is 11.9. The number of ether oxygens (including phenoxy) is 1. The maximum Gasteiger partial charge on any atom is 0.335 e. The number of hydrogen-bond donors (Lipinski definition) is 1. The number of hydrogen-bond acceptors (Lipinski definition) is 4. The number of carbonyl (C=O) groups is 1. The summed E-state index contributed by atoms with van der Waals surface area (Å²) in [5.41, 5.74) is 1.33. The van der Waals surface area contributed by atoms with Gasteiger partial charge in [-0.25, -0.2) is 9.78 Å². The zero-order valence-electron chi connectivity index (χ0n) is 10.6. The van der Waals surface area contributed by atoms with Crippen LogP contribution < -0.4 is 4.74 Å². The van der Waals surface area contributed by atoms with Gasteiger partial charge in [-0.05, 0) is 37.6 Å². The lowest BCUT2D eigenvalue weighted by Gasteiger charge is -2.05. The molecule has 100 valence electrons. The first kappa shape index (κ1) is 13.5. The summed E-state index contributed by atoms with van der Waals surface area (Å²) in [6.07, 6.45) is 1.80. The van der Waals surface area contributed by atoms with Crippen molar-refractivity contribution < 1.29 is 14.6 Å². The van der Waals surface area contributed by atoms with E-state index in [9.17, 15) is 4.79 Å². The predicted octanol–water partition coefficient (Wildman–Crippen LogP) is 3.16. The molecule has 0 unspecified atom stereocenters. The third-order valence-corrected chi connectivity index (χ3v) is 3.60. The quantitative estimate of drug-likeness (QED) is 0.824. The Bertz CT molecular complexity index is 548. The van der Waals surface area contributed by atoms with Crippen molar-refractivity contribution in [3.8, 4) is 5.75 Å². The Balaban J connectivity index is 1.75. The minimum absolute atomic E-state index is 0.269. The molecule has 0 amide bonds. The van der Waals surface area contributed by atoms with Crippen LogP contribution in [0.25, 0.3) is 0 Å². The molecule has 0 bridgehead atoms. The summed E-state index contributed by atoms with van der Waals surface area (Å²) in [4.78, 5) is 15.1. The van der Waals surface area contributed by atoms with Crippen LogP contribution in [0.2, 0.25) is 0 Å². The second-order valence-corrected chi connectivity index (χ2v) is 5.11. The van der Waals surface area contributed by atoms with E-state index in [0.717, 1.165) is 23.5 Å². The molecule has 0 saturated heterocycles. The molecule has 19 heavy (non-hydrogen) atoms. The van der Waals surface area contributed by atoms with Crippen LogP contribution in [-0.4, -0.2) is 22.7 Å². The third kappa shape index (κ3) is 4.06. The smallest absolute Gasteiger partial charge is 0.335 e. The lowest BCUT2D eigenvalue weighted by Crippen LogP contribution is -2.00. The van der Waals surface area contributed by atoms with E-state index < -0.39 is 5.97 Å². The topological polar surface area (TPSA) is 59.4 Å². The van der Waals surface area contributed by atoms with Crippen molar-refractivity contribution in [2.75, 3.05) is 6.61 Å². The summed E-state index contributed by atoms with van der Waals surface area (Å²) >= 11 is 1.67. The van der Waals surface area contributed by atoms with Gasteiger partial charge in [0.05, 0.1) is 17.2 Å². The lowest BCUT2D eigenvalue weighted by molar-refractivity contribution is 0.0697. The summed E-state index contributed by atoms with van der Waals surface area (Å²) in [6.45, 7) is 2.59. The van der Waals surface area contributed by atoms with Crippen LogP contribution in [0, 0.1) is 6.92 Å². The summed E-state index contributed by atoms with van der Waals surface area (Å²) < 4.78 is 5.55. The lowest BCUT2D eigenvalue weighted by atomic mass is 10.2. The predicted molar refractivity (Wildman–Crippen MR) is 74.1 cm³/mol. The van der Waals surface area contributed by atoms with Crippen molar-refractivity contribution in [2.24, 2.45) is 0 Å². The number of benzene rings is 1. The van der Waals surface area contributed by atoms with Gasteiger partial charge >= 0.3 is 5.97 Å². The average Bonchev–Trinajstić information content (AvgIpc) is 2.81. The molecule has 0 spiro atoms. The highest BCUT2D eigenvalue weighted by molar-refractivity contribution is 7.09. The highest BCUT2D eigenvalue weighted by Crippen LogP contribution is 2.14. The van der Waals surface area contributed by atoms with Gasteiger partial charge in [0.1, 0.15) is 5.75 Å². The maximum atomic E-state index is 10.7. The van der Waals surface area contributed by atoms with Crippen molar-refractivity contribution in [1.29, 1.82) is 0 Å². The third-order valence-electron chi connectivity index (χ3n) is 2.57. The van der Waals surface area contributed by atoms with Crippen molar-refractivity contribution >= 4 is 17.3 Å². The molecule has 1 aromatic heterocycles. The second kappa shape index (κ2) is 6.33. The van der Waals surface area contributed by atoms with Gasteiger partial charge in [0.15, 0.2) is 0 Å². The Morgan fingerprint density at radius 2 is 2.11 bits per heavy atom. The van der Waals surface area contributed by atoms with Crippen LogP contribution in [0.5, 0.6) is 5.75 Å². The minimum Gasteiger partial charge on any atom is -0.494 e. The van der Waals surface area contributed by atoms with Gasteiger partial charge in [-0.2, -0.15) is 0 Å². The van der Waals surface area contributed by atoms with Crippen LogP contribution in [-0.2, 0) is 6.42 Å². The van der Waals surface area contributed by atoms with Crippen LogP contribution in [0.3, 0.4) is 0 Å². The minimum atomic E-state index is -0.925. The van der Waals surface area contributed by atoms with E-state index in [1.54, 1.807) is 35.6 Å². The average molecular weight is 277 g/mol. The Labute approximate surface area is 115 Å². The number of nitrogens with zero attached hydrogens (tertiary/aromatic N) is 1. The molecule has 5 heteroatoms. The fraction of sp³-hybridized carbons (Fsp3) is 0.286. The Morgan fingerprint density at radius 1 is 1.37 bits per heavy atom. The first-order valence-corrected chi connectivity index (χ1v) is 6.90. The fourth-order valence-electron chi connectivity index (χ4n) is 1.62. The van der Waals surface area contributed by atoms with E-state index >= 15 is 0 Å². The van der Waals surface area contributed by atoms with Gasteiger partial charge in [0.25, 0.3) is 0 Å². The number of carboxylic acids is 1. The number of carboxylic acid groups (broad SMARTS) is 1.